The van der Waals surface area contributed by atoms with Crippen LogP contribution in [0.15, 0.2) is 18.6 Å². The van der Waals surface area contributed by atoms with E-state index in [4.69, 9.17) is 0 Å². The van der Waals surface area contributed by atoms with Crippen molar-refractivity contribution in [3.63, 3.8) is 0 Å². The fraction of sp³-hybridized carbons (Fsp3) is 0.500. The molecule has 1 saturated heterocycles. The van der Waals surface area contributed by atoms with Crippen LogP contribution in [0.3, 0.4) is 0 Å². The fourth-order valence-electron chi connectivity index (χ4n) is 1.42. The highest BCUT2D eigenvalue weighted by Crippen LogP contribution is 2.16. The minimum Gasteiger partial charge on any atom is -0.391 e. The van der Waals surface area contributed by atoms with Gasteiger partial charge in [0.1, 0.15) is 12.1 Å². The third-order valence-corrected chi connectivity index (χ3v) is 2.05. The van der Waals surface area contributed by atoms with Gasteiger partial charge in [0.05, 0.1) is 6.10 Å². The first kappa shape index (κ1) is 7.49. The summed E-state index contributed by atoms with van der Waals surface area (Å²) in [6.07, 6.45) is 3.89. The quantitative estimate of drug-likeness (QED) is 0.638. The maximum Gasteiger partial charge on any atom is 0.131 e. The molecule has 0 bridgehead atoms. The first-order valence-corrected chi connectivity index (χ1v) is 4.05. The van der Waals surface area contributed by atoms with Gasteiger partial charge in [0.15, 0.2) is 0 Å². The van der Waals surface area contributed by atoms with E-state index in [2.05, 4.69) is 14.9 Å². The Morgan fingerprint density at radius 2 is 2.50 bits per heavy atom. The van der Waals surface area contributed by atoms with E-state index in [0.29, 0.717) is 6.54 Å². The average molecular weight is 165 g/mol. The molecule has 1 atom stereocenters. The molecule has 4 heteroatoms. The zero-order valence-electron chi connectivity index (χ0n) is 6.72. The van der Waals surface area contributed by atoms with Crippen LogP contribution in [0.4, 0.5) is 5.82 Å². The summed E-state index contributed by atoms with van der Waals surface area (Å²) < 4.78 is 0. The van der Waals surface area contributed by atoms with Crippen molar-refractivity contribution in [2.75, 3.05) is 18.0 Å². The molecule has 0 unspecified atom stereocenters. The van der Waals surface area contributed by atoms with Gasteiger partial charge >= 0.3 is 0 Å². The van der Waals surface area contributed by atoms with E-state index in [1.165, 1.54) is 6.33 Å². The number of anilines is 1. The minimum atomic E-state index is -0.194. The van der Waals surface area contributed by atoms with Gasteiger partial charge in [0.25, 0.3) is 0 Å². The normalized spacial score (nSPS) is 23.1. The topological polar surface area (TPSA) is 49.2 Å². The highest BCUT2D eigenvalue weighted by atomic mass is 16.3. The molecule has 0 saturated carbocycles. The Hall–Kier alpha value is -1.16. The van der Waals surface area contributed by atoms with Crippen molar-refractivity contribution in [3.8, 4) is 0 Å². The second kappa shape index (κ2) is 3.06. The number of hydrogen-bond donors (Lipinski definition) is 1. The van der Waals surface area contributed by atoms with Gasteiger partial charge in [-0.15, -0.1) is 0 Å². The zero-order chi connectivity index (χ0) is 8.39. The Balaban J connectivity index is 2.11. The smallest absolute Gasteiger partial charge is 0.131 e. The predicted octanol–water partition coefficient (Wildman–Crippen LogP) is 0.0476. The van der Waals surface area contributed by atoms with E-state index < -0.39 is 0 Å². The molecular weight excluding hydrogens is 154 g/mol. The Bertz CT molecular complexity index is 252. The number of nitrogens with zero attached hydrogens (tertiary/aromatic N) is 3. The highest BCUT2D eigenvalue weighted by molar-refractivity contribution is 5.37. The largest absolute Gasteiger partial charge is 0.391 e. The number of aliphatic hydroxyl groups is 1. The lowest BCUT2D eigenvalue weighted by molar-refractivity contribution is 0.198. The highest BCUT2D eigenvalue weighted by Gasteiger charge is 2.20. The lowest BCUT2D eigenvalue weighted by Gasteiger charge is -2.15. The summed E-state index contributed by atoms with van der Waals surface area (Å²) in [5, 5.41) is 9.28. The summed E-state index contributed by atoms with van der Waals surface area (Å²) >= 11 is 0. The molecule has 1 aliphatic rings. The van der Waals surface area contributed by atoms with Crippen LogP contribution in [0.25, 0.3) is 0 Å². The first-order chi connectivity index (χ1) is 5.86. The van der Waals surface area contributed by atoms with Crippen LogP contribution >= 0.6 is 0 Å². The molecule has 0 aromatic carbocycles. The number of hydrogen-bond acceptors (Lipinski definition) is 4. The monoisotopic (exact) mass is 165 g/mol. The van der Waals surface area contributed by atoms with Crippen LogP contribution < -0.4 is 4.90 Å². The van der Waals surface area contributed by atoms with Gasteiger partial charge in [-0.25, -0.2) is 9.97 Å². The second-order valence-corrected chi connectivity index (χ2v) is 2.96. The van der Waals surface area contributed by atoms with E-state index >= 15 is 0 Å². The summed E-state index contributed by atoms with van der Waals surface area (Å²) in [7, 11) is 0. The third-order valence-electron chi connectivity index (χ3n) is 2.05. The van der Waals surface area contributed by atoms with Gasteiger partial charge in [0, 0.05) is 19.3 Å². The number of β-amino-alcohol motifs (C(OH)–C–C–N with tert-alkyl or cyclic N) is 1. The van der Waals surface area contributed by atoms with Crippen LogP contribution in [0.1, 0.15) is 6.42 Å². The maximum absolute atomic E-state index is 9.28. The van der Waals surface area contributed by atoms with Gasteiger partial charge in [-0.05, 0) is 12.5 Å². The van der Waals surface area contributed by atoms with E-state index in [-0.39, 0.29) is 6.10 Å². The molecule has 0 aliphatic carbocycles. The molecule has 1 aromatic rings. The number of aliphatic hydroxyl groups excluding tert-OH is 1. The Morgan fingerprint density at radius 1 is 1.58 bits per heavy atom. The molecule has 4 nitrogen and oxygen atoms in total. The molecule has 0 radical (unpaired) electrons. The summed E-state index contributed by atoms with van der Waals surface area (Å²) in [6, 6.07) is 1.86. The molecule has 64 valence electrons. The standard InChI is InChI=1S/C8H11N3O/c12-7-2-4-11(5-7)8-1-3-9-6-10-8/h1,3,6-7,12H,2,4-5H2/t7-/m1/s1. The predicted molar refractivity (Wildman–Crippen MR) is 44.9 cm³/mol. The van der Waals surface area contributed by atoms with Crippen molar-refractivity contribution in [2.45, 2.75) is 12.5 Å². The molecule has 1 aliphatic heterocycles. The molecule has 2 heterocycles. The Labute approximate surface area is 70.9 Å². The van der Waals surface area contributed by atoms with Crippen molar-refractivity contribution < 1.29 is 5.11 Å². The lowest BCUT2D eigenvalue weighted by atomic mass is 10.3. The summed E-state index contributed by atoms with van der Waals surface area (Å²) in [5.74, 6) is 0.904. The lowest BCUT2D eigenvalue weighted by Crippen LogP contribution is -2.21. The second-order valence-electron chi connectivity index (χ2n) is 2.96. The molecular formula is C8H11N3O. The van der Waals surface area contributed by atoms with Gasteiger partial charge < -0.3 is 10.0 Å². The van der Waals surface area contributed by atoms with Crippen molar-refractivity contribution in [2.24, 2.45) is 0 Å². The molecule has 0 spiro atoms. The maximum atomic E-state index is 9.28. The van der Waals surface area contributed by atoms with E-state index in [9.17, 15) is 5.11 Å². The van der Waals surface area contributed by atoms with Gasteiger partial charge in [-0.2, -0.15) is 0 Å². The molecule has 1 N–H and O–H groups in total. The average Bonchev–Trinajstić information content (AvgIpc) is 2.54. The molecule has 1 aromatic heterocycles. The number of aromatic nitrogens is 2. The van der Waals surface area contributed by atoms with Crippen molar-refractivity contribution in [1.29, 1.82) is 0 Å². The molecule has 0 amide bonds. The summed E-state index contributed by atoms with van der Waals surface area (Å²) in [6.45, 7) is 1.58. The third kappa shape index (κ3) is 1.38. The zero-order valence-corrected chi connectivity index (χ0v) is 6.72. The SMILES string of the molecule is O[C@@H]1CCN(c2ccncn2)C1. The summed E-state index contributed by atoms with van der Waals surface area (Å²) in [4.78, 5) is 10.00. The van der Waals surface area contributed by atoms with Gasteiger partial charge in [-0.3, -0.25) is 0 Å². The Kier molecular flexibility index (Phi) is 1.91. The fourth-order valence-corrected chi connectivity index (χ4v) is 1.42. The number of rotatable bonds is 1. The van der Waals surface area contributed by atoms with Crippen LogP contribution in [-0.4, -0.2) is 34.3 Å². The van der Waals surface area contributed by atoms with Crippen LogP contribution in [0.5, 0.6) is 0 Å². The van der Waals surface area contributed by atoms with Crippen LogP contribution in [0, 0.1) is 0 Å². The summed E-state index contributed by atoms with van der Waals surface area (Å²) in [5.41, 5.74) is 0. The van der Waals surface area contributed by atoms with E-state index in [1.807, 2.05) is 6.07 Å². The van der Waals surface area contributed by atoms with Crippen molar-refractivity contribution in [3.05, 3.63) is 18.6 Å². The first-order valence-electron chi connectivity index (χ1n) is 4.05. The molecule has 1 fully saturated rings. The minimum absolute atomic E-state index is 0.194. The van der Waals surface area contributed by atoms with Crippen molar-refractivity contribution >= 4 is 5.82 Å². The van der Waals surface area contributed by atoms with Gasteiger partial charge in [0.2, 0.25) is 0 Å². The van der Waals surface area contributed by atoms with Crippen LogP contribution in [-0.2, 0) is 0 Å². The molecule has 2 rings (SSSR count). The van der Waals surface area contributed by atoms with E-state index in [1.54, 1.807) is 6.20 Å². The Morgan fingerprint density at radius 3 is 3.08 bits per heavy atom. The van der Waals surface area contributed by atoms with Gasteiger partial charge in [-0.1, -0.05) is 0 Å². The van der Waals surface area contributed by atoms with Crippen molar-refractivity contribution in [1.82, 2.24) is 9.97 Å². The van der Waals surface area contributed by atoms with E-state index in [0.717, 1.165) is 18.8 Å². The van der Waals surface area contributed by atoms with Crippen LogP contribution in [0.2, 0.25) is 0 Å². The molecule has 12 heavy (non-hydrogen) atoms.